The number of esters is 1. The van der Waals surface area contributed by atoms with Crippen LogP contribution in [0.25, 0.3) is 0 Å². The van der Waals surface area contributed by atoms with E-state index >= 15 is 0 Å². The predicted octanol–water partition coefficient (Wildman–Crippen LogP) is 3.60. The first-order valence-electron chi connectivity index (χ1n) is 7.40. The van der Waals surface area contributed by atoms with Gasteiger partial charge in [-0.15, -0.1) is 0 Å². The minimum atomic E-state index is -0.836. The zero-order chi connectivity index (χ0) is 17.5. The van der Waals surface area contributed by atoms with Crippen LogP contribution in [0.2, 0.25) is 5.02 Å². The molecule has 24 heavy (non-hydrogen) atoms. The number of halogens is 1. The molecule has 1 N–H and O–H groups in total. The molecule has 0 aromatic heterocycles. The molecule has 5 nitrogen and oxygen atoms in total. The second-order valence-electron chi connectivity index (χ2n) is 5.18. The van der Waals surface area contributed by atoms with Gasteiger partial charge in [0.05, 0.1) is 0 Å². The highest BCUT2D eigenvalue weighted by Gasteiger charge is 2.18. The number of anilines is 1. The molecular formula is C18H18ClNO4. The van der Waals surface area contributed by atoms with Crippen molar-refractivity contribution >= 4 is 29.2 Å². The monoisotopic (exact) mass is 347 g/mol. The highest BCUT2D eigenvalue weighted by molar-refractivity contribution is 6.30. The standard InChI is InChI=1S/C18H18ClNO4/c1-12-5-3-4-6-16(12)20-17(21)11-23-18(22)13(2)24-15-9-7-14(19)8-10-15/h3-10,13H,11H2,1-2H3,(H,20,21). The lowest BCUT2D eigenvalue weighted by Crippen LogP contribution is -2.29. The van der Waals surface area contributed by atoms with Crippen LogP contribution in [-0.2, 0) is 14.3 Å². The Balaban J connectivity index is 1.80. The molecule has 2 aromatic carbocycles. The Bertz CT molecular complexity index is 715. The zero-order valence-corrected chi connectivity index (χ0v) is 14.2. The van der Waals surface area contributed by atoms with Crippen molar-refractivity contribution in [2.75, 3.05) is 11.9 Å². The van der Waals surface area contributed by atoms with Crippen molar-refractivity contribution in [1.29, 1.82) is 0 Å². The average molecular weight is 348 g/mol. The second-order valence-corrected chi connectivity index (χ2v) is 5.62. The van der Waals surface area contributed by atoms with E-state index in [2.05, 4.69) is 5.32 Å². The lowest BCUT2D eigenvalue weighted by Gasteiger charge is -2.14. The van der Waals surface area contributed by atoms with E-state index in [1.54, 1.807) is 37.3 Å². The minimum absolute atomic E-state index is 0.374. The summed E-state index contributed by atoms with van der Waals surface area (Å²) in [7, 11) is 0. The molecule has 0 bridgehead atoms. The van der Waals surface area contributed by atoms with Crippen LogP contribution < -0.4 is 10.1 Å². The number of hydrogen-bond donors (Lipinski definition) is 1. The number of hydrogen-bond acceptors (Lipinski definition) is 4. The number of aryl methyl sites for hydroxylation is 1. The Hall–Kier alpha value is -2.53. The highest BCUT2D eigenvalue weighted by atomic mass is 35.5. The van der Waals surface area contributed by atoms with Crippen LogP contribution in [0.4, 0.5) is 5.69 Å². The number of nitrogens with one attached hydrogen (secondary N) is 1. The molecule has 0 saturated heterocycles. The minimum Gasteiger partial charge on any atom is -0.479 e. The molecule has 0 aliphatic carbocycles. The third-order valence-corrected chi connectivity index (χ3v) is 3.48. The maximum absolute atomic E-state index is 11.9. The Morgan fingerprint density at radius 3 is 2.46 bits per heavy atom. The van der Waals surface area contributed by atoms with Gasteiger partial charge in [-0.2, -0.15) is 0 Å². The van der Waals surface area contributed by atoms with Crippen molar-refractivity contribution in [2.45, 2.75) is 20.0 Å². The fraction of sp³-hybridized carbons (Fsp3) is 0.222. The molecule has 2 rings (SSSR count). The number of rotatable bonds is 6. The molecule has 1 atom stereocenters. The van der Waals surface area contributed by atoms with E-state index in [1.165, 1.54) is 0 Å². The molecule has 1 amide bonds. The summed E-state index contributed by atoms with van der Waals surface area (Å²) >= 11 is 5.78. The second kappa shape index (κ2) is 8.36. The van der Waals surface area contributed by atoms with Gasteiger partial charge in [0, 0.05) is 10.7 Å². The third kappa shape index (κ3) is 5.28. The summed E-state index contributed by atoms with van der Waals surface area (Å²) in [5.74, 6) is -0.533. The fourth-order valence-corrected chi connectivity index (χ4v) is 2.04. The normalized spacial score (nSPS) is 11.5. The van der Waals surface area contributed by atoms with E-state index in [4.69, 9.17) is 21.1 Å². The van der Waals surface area contributed by atoms with E-state index in [0.717, 1.165) is 5.56 Å². The molecular weight excluding hydrogens is 330 g/mol. The number of ether oxygens (including phenoxy) is 2. The Morgan fingerprint density at radius 2 is 1.79 bits per heavy atom. The molecule has 1 unspecified atom stereocenters. The molecule has 2 aromatic rings. The van der Waals surface area contributed by atoms with Crippen molar-refractivity contribution < 1.29 is 19.1 Å². The molecule has 6 heteroatoms. The first-order valence-corrected chi connectivity index (χ1v) is 7.78. The highest BCUT2D eigenvalue weighted by Crippen LogP contribution is 2.17. The predicted molar refractivity (Wildman–Crippen MR) is 92.3 cm³/mol. The van der Waals surface area contributed by atoms with Crippen LogP contribution in [0.1, 0.15) is 12.5 Å². The van der Waals surface area contributed by atoms with Crippen molar-refractivity contribution in [3.05, 3.63) is 59.1 Å². The van der Waals surface area contributed by atoms with Gasteiger partial charge >= 0.3 is 5.97 Å². The van der Waals surface area contributed by atoms with Gasteiger partial charge in [0.1, 0.15) is 5.75 Å². The first kappa shape index (κ1) is 17.8. The fourth-order valence-electron chi connectivity index (χ4n) is 1.92. The molecule has 0 aliphatic heterocycles. The van der Waals surface area contributed by atoms with Crippen LogP contribution in [0.3, 0.4) is 0 Å². The van der Waals surface area contributed by atoms with E-state index < -0.39 is 18.0 Å². The van der Waals surface area contributed by atoms with Gasteiger partial charge in [-0.05, 0) is 49.7 Å². The van der Waals surface area contributed by atoms with Gasteiger partial charge in [-0.25, -0.2) is 4.79 Å². The number of carbonyl (C=O) groups is 2. The largest absolute Gasteiger partial charge is 0.479 e. The molecule has 126 valence electrons. The van der Waals surface area contributed by atoms with Crippen LogP contribution in [0.5, 0.6) is 5.75 Å². The van der Waals surface area contributed by atoms with Gasteiger partial charge in [-0.3, -0.25) is 4.79 Å². The maximum atomic E-state index is 11.9. The van der Waals surface area contributed by atoms with Gasteiger partial charge in [0.2, 0.25) is 0 Å². The molecule has 0 radical (unpaired) electrons. The number of amides is 1. The van der Waals surface area contributed by atoms with Crippen LogP contribution in [-0.4, -0.2) is 24.6 Å². The summed E-state index contributed by atoms with van der Waals surface area (Å²) in [6.45, 7) is 3.06. The summed E-state index contributed by atoms with van der Waals surface area (Å²) in [6, 6.07) is 14.0. The number of benzene rings is 2. The first-order chi connectivity index (χ1) is 11.5. The Morgan fingerprint density at radius 1 is 1.12 bits per heavy atom. The van der Waals surface area contributed by atoms with E-state index in [1.807, 2.05) is 25.1 Å². The van der Waals surface area contributed by atoms with Gasteiger partial charge < -0.3 is 14.8 Å². The lowest BCUT2D eigenvalue weighted by atomic mass is 10.2. The van der Waals surface area contributed by atoms with Crippen LogP contribution in [0.15, 0.2) is 48.5 Å². The topological polar surface area (TPSA) is 64.6 Å². The quantitative estimate of drug-likeness (QED) is 0.811. The van der Waals surface area contributed by atoms with Gasteiger partial charge in [-0.1, -0.05) is 29.8 Å². The number of carbonyl (C=O) groups excluding carboxylic acids is 2. The molecule has 0 saturated carbocycles. The molecule has 0 fully saturated rings. The van der Waals surface area contributed by atoms with Crippen molar-refractivity contribution in [1.82, 2.24) is 0 Å². The van der Waals surface area contributed by atoms with E-state index in [9.17, 15) is 9.59 Å². The van der Waals surface area contributed by atoms with E-state index in [0.29, 0.717) is 16.5 Å². The van der Waals surface area contributed by atoms with Crippen molar-refractivity contribution in [3.63, 3.8) is 0 Å². The molecule has 0 aliphatic rings. The van der Waals surface area contributed by atoms with Gasteiger partial charge in [0.15, 0.2) is 12.7 Å². The number of para-hydroxylation sites is 1. The maximum Gasteiger partial charge on any atom is 0.347 e. The van der Waals surface area contributed by atoms with Crippen LogP contribution >= 0.6 is 11.6 Å². The van der Waals surface area contributed by atoms with E-state index in [-0.39, 0.29) is 6.61 Å². The third-order valence-electron chi connectivity index (χ3n) is 3.22. The summed E-state index contributed by atoms with van der Waals surface area (Å²) in [6.07, 6.45) is -0.836. The summed E-state index contributed by atoms with van der Waals surface area (Å²) in [5.41, 5.74) is 1.61. The summed E-state index contributed by atoms with van der Waals surface area (Å²) in [4.78, 5) is 23.7. The zero-order valence-electron chi connectivity index (χ0n) is 13.4. The van der Waals surface area contributed by atoms with Crippen molar-refractivity contribution in [3.8, 4) is 5.75 Å². The lowest BCUT2D eigenvalue weighted by molar-refractivity contribution is -0.153. The Kier molecular flexibility index (Phi) is 6.21. The van der Waals surface area contributed by atoms with Crippen molar-refractivity contribution in [2.24, 2.45) is 0 Å². The average Bonchev–Trinajstić information content (AvgIpc) is 2.57. The molecule has 0 heterocycles. The summed E-state index contributed by atoms with van der Waals surface area (Å²) < 4.78 is 10.4. The molecule has 0 spiro atoms. The SMILES string of the molecule is Cc1ccccc1NC(=O)COC(=O)C(C)Oc1ccc(Cl)cc1. The summed E-state index contributed by atoms with van der Waals surface area (Å²) in [5, 5.41) is 3.26. The Labute approximate surface area is 145 Å². The van der Waals surface area contributed by atoms with Gasteiger partial charge in [0.25, 0.3) is 5.91 Å². The smallest absolute Gasteiger partial charge is 0.347 e. The van der Waals surface area contributed by atoms with Crippen LogP contribution in [0, 0.1) is 6.92 Å².